The monoisotopic (exact) mass is 324 g/mol. The molecule has 0 saturated heterocycles. The van der Waals surface area contributed by atoms with Gasteiger partial charge >= 0.3 is 0 Å². The highest BCUT2D eigenvalue weighted by molar-refractivity contribution is 6.84. The highest BCUT2D eigenvalue weighted by Crippen LogP contribution is 2.35. The van der Waals surface area contributed by atoms with Gasteiger partial charge in [0.1, 0.15) is 0 Å². The molecule has 3 rings (SSSR count). The van der Waals surface area contributed by atoms with E-state index in [9.17, 15) is 0 Å². The Hall–Kier alpha value is -1.57. The van der Waals surface area contributed by atoms with Crippen LogP contribution in [0.15, 0.2) is 72.8 Å². The fourth-order valence-corrected chi connectivity index (χ4v) is 6.00. The largest absolute Gasteiger partial charge is 0.130 e. The van der Waals surface area contributed by atoms with Crippen LogP contribution >= 0.6 is 11.6 Å². The van der Waals surface area contributed by atoms with Gasteiger partial charge in [-0.2, -0.15) is 0 Å². The Morgan fingerprint density at radius 2 is 1.41 bits per heavy atom. The van der Waals surface area contributed by atoms with E-state index in [1.807, 2.05) is 0 Å². The van der Waals surface area contributed by atoms with Crippen molar-refractivity contribution >= 4 is 30.4 Å². The van der Waals surface area contributed by atoms with Crippen LogP contribution in [0.1, 0.15) is 16.7 Å². The molecule has 0 heterocycles. The summed E-state index contributed by atoms with van der Waals surface area (Å²) in [6.45, 7) is 4.76. The Morgan fingerprint density at radius 3 is 2.09 bits per heavy atom. The minimum Gasteiger partial charge on any atom is -0.130 e. The maximum atomic E-state index is 6.37. The smallest absolute Gasteiger partial charge is 0.0765 e. The second-order valence-electron chi connectivity index (χ2n) is 6.57. The Bertz CT molecular complexity index is 765. The van der Waals surface area contributed by atoms with Crippen LogP contribution in [0.2, 0.25) is 13.1 Å². The quantitative estimate of drug-likeness (QED) is 0.408. The SMILES string of the molecule is C[Si](C)(CCl)C(c1ccccc1)c1ccc2ccccc2c1. The molecule has 3 aromatic carbocycles. The molecule has 0 N–H and O–H groups in total. The molecule has 0 saturated carbocycles. The van der Waals surface area contributed by atoms with Crippen LogP contribution in [0.25, 0.3) is 10.8 Å². The molecule has 0 fully saturated rings. The summed E-state index contributed by atoms with van der Waals surface area (Å²) in [7, 11) is -1.61. The summed E-state index contributed by atoms with van der Waals surface area (Å²) in [5.41, 5.74) is 3.97. The van der Waals surface area contributed by atoms with Gasteiger partial charge in [0.15, 0.2) is 0 Å². The average molecular weight is 325 g/mol. The number of alkyl halides is 1. The zero-order valence-corrected chi connectivity index (χ0v) is 14.8. The second kappa shape index (κ2) is 6.27. The lowest BCUT2D eigenvalue weighted by Crippen LogP contribution is -2.38. The van der Waals surface area contributed by atoms with Gasteiger partial charge in [0, 0.05) is 11.0 Å². The van der Waals surface area contributed by atoms with Crippen molar-refractivity contribution in [1.29, 1.82) is 0 Å². The molecule has 1 atom stereocenters. The van der Waals surface area contributed by atoms with Crippen molar-refractivity contribution in [3.05, 3.63) is 83.9 Å². The van der Waals surface area contributed by atoms with Crippen LogP contribution in [0.3, 0.4) is 0 Å². The third-order valence-electron chi connectivity index (χ3n) is 4.37. The number of benzene rings is 3. The maximum Gasteiger partial charge on any atom is 0.0765 e. The molecular formula is C20H21ClSi. The summed E-state index contributed by atoms with van der Waals surface area (Å²) in [6.07, 6.45) is 0. The Morgan fingerprint density at radius 1 is 0.773 bits per heavy atom. The summed E-state index contributed by atoms with van der Waals surface area (Å²) in [6, 6.07) is 26.2. The number of hydrogen-bond acceptors (Lipinski definition) is 0. The standard InChI is InChI=1S/C20H21ClSi/c1-22(2,15-21)20(17-9-4-3-5-10-17)19-13-12-16-8-6-7-11-18(16)14-19/h3-14,20H,15H2,1-2H3. The first kappa shape index (κ1) is 15.3. The van der Waals surface area contributed by atoms with Crippen molar-refractivity contribution in [2.75, 3.05) is 5.50 Å². The maximum absolute atomic E-state index is 6.37. The molecule has 0 aliphatic carbocycles. The van der Waals surface area contributed by atoms with Crippen molar-refractivity contribution in [2.24, 2.45) is 0 Å². The molecule has 0 bridgehead atoms. The summed E-state index contributed by atoms with van der Waals surface area (Å²) >= 11 is 6.37. The highest BCUT2D eigenvalue weighted by atomic mass is 35.5. The highest BCUT2D eigenvalue weighted by Gasteiger charge is 2.33. The minimum atomic E-state index is -1.61. The molecule has 0 nitrogen and oxygen atoms in total. The summed E-state index contributed by atoms with van der Waals surface area (Å²) in [5, 5.41) is 2.60. The molecule has 0 spiro atoms. The summed E-state index contributed by atoms with van der Waals surface area (Å²) in [5.74, 6) is 0. The van der Waals surface area contributed by atoms with E-state index >= 15 is 0 Å². The van der Waals surface area contributed by atoms with E-state index in [0.29, 0.717) is 5.54 Å². The van der Waals surface area contributed by atoms with Crippen LogP contribution < -0.4 is 0 Å². The van der Waals surface area contributed by atoms with Gasteiger partial charge < -0.3 is 0 Å². The van der Waals surface area contributed by atoms with Crippen molar-refractivity contribution in [3.8, 4) is 0 Å². The van der Waals surface area contributed by atoms with E-state index in [-0.39, 0.29) is 0 Å². The molecule has 3 aromatic rings. The fraction of sp³-hybridized carbons (Fsp3) is 0.200. The first-order valence-corrected chi connectivity index (χ1v) is 11.5. The summed E-state index contributed by atoms with van der Waals surface area (Å²) < 4.78 is 0. The first-order valence-electron chi connectivity index (χ1n) is 7.71. The van der Waals surface area contributed by atoms with Crippen LogP contribution in [0.4, 0.5) is 0 Å². The number of rotatable bonds is 4. The van der Waals surface area contributed by atoms with E-state index in [4.69, 9.17) is 11.6 Å². The van der Waals surface area contributed by atoms with E-state index in [2.05, 4.69) is 85.9 Å². The van der Waals surface area contributed by atoms with Crippen molar-refractivity contribution in [3.63, 3.8) is 0 Å². The van der Waals surface area contributed by atoms with Crippen LogP contribution in [-0.2, 0) is 0 Å². The van der Waals surface area contributed by atoms with Crippen molar-refractivity contribution in [2.45, 2.75) is 18.6 Å². The van der Waals surface area contributed by atoms with Gasteiger partial charge in [-0.25, -0.2) is 0 Å². The normalized spacial score (nSPS) is 13.2. The number of halogens is 1. The molecule has 0 amide bonds. The molecule has 0 aromatic heterocycles. The van der Waals surface area contributed by atoms with Gasteiger partial charge in [-0.15, -0.1) is 11.6 Å². The molecule has 0 radical (unpaired) electrons. The number of hydrogen-bond donors (Lipinski definition) is 0. The third-order valence-corrected chi connectivity index (χ3v) is 9.35. The third kappa shape index (κ3) is 2.97. The first-order chi connectivity index (χ1) is 10.6. The van der Waals surface area contributed by atoms with Gasteiger partial charge in [-0.05, 0) is 21.9 Å². The summed E-state index contributed by atoms with van der Waals surface area (Å²) in [4.78, 5) is 0. The van der Waals surface area contributed by atoms with Gasteiger partial charge in [-0.1, -0.05) is 85.9 Å². The van der Waals surface area contributed by atoms with Crippen LogP contribution in [0, 0.1) is 0 Å². The fourth-order valence-electron chi connectivity index (χ4n) is 3.20. The van der Waals surface area contributed by atoms with E-state index in [1.165, 1.54) is 21.9 Å². The van der Waals surface area contributed by atoms with Gasteiger partial charge in [0.2, 0.25) is 0 Å². The van der Waals surface area contributed by atoms with Crippen molar-refractivity contribution in [1.82, 2.24) is 0 Å². The van der Waals surface area contributed by atoms with Gasteiger partial charge in [0.05, 0.1) is 8.07 Å². The average Bonchev–Trinajstić information content (AvgIpc) is 2.56. The second-order valence-corrected chi connectivity index (χ2v) is 12.2. The number of fused-ring (bicyclic) bond motifs is 1. The van der Waals surface area contributed by atoms with Crippen LogP contribution in [-0.4, -0.2) is 13.6 Å². The Labute approximate surface area is 138 Å². The predicted octanol–water partition coefficient (Wildman–Crippen LogP) is 6.00. The van der Waals surface area contributed by atoms with E-state index < -0.39 is 8.07 Å². The lowest BCUT2D eigenvalue weighted by Gasteiger charge is -2.32. The Kier molecular flexibility index (Phi) is 4.37. The molecule has 22 heavy (non-hydrogen) atoms. The molecule has 2 heteroatoms. The molecule has 0 aliphatic heterocycles. The topological polar surface area (TPSA) is 0 Å². The molecule has 1 unspecified atom stereocenters. The van der Waals surface area contributed by atoms with Gasteiger partial charge in [0.25, 0.3) is 0 Å². The zero-order chi connectivity index (χ0) is 15.6. The molecule has 0 aliphatic rings. The predicted molar refractivity (Wildman–Crippen MR) is 100 cm³/mol. The lowest BCUT2D eigenvalue weighted by atomic mass is 10.0. The van der Waals surface area contributed by atoms with Gasteiger partial charge in [-0.3, -0.25) is 0 Å². The Balaban J connectivity index is 2.15. The molecule has 112 valence electrons. The van der Waals surface area contributed by atoms with Crippen LogP contribution in [0.5, 0.6) is 0 Å². The minimum absolute atomic E-state index is 0.427. The van der Waals surface area contributed by atoms with E-state index in [1.54, 1.807) is 0 Å². The zero-order valence-electron chi connectivity index (χ0n) is 13.1. The lowest BCUT2D eigenvalue weighted by molar-refractivity contribution is 1.07. The van der Waals surface area contributed by atoms with E-state index in [0.717, 1.165) is 5.50 Å². The van der Waals surface area contributed by atoms with Crippen molar-refractivity contribution < 1.29 is 0 Å². The molecular weight excluding hydrogens is 304 g/mol.